The van der Waals surface area contributed by atoms with Crippen LogP contribution in [0.2, 0.25) is 0 Å². The SMILES string of the molecule is CN(C)C[C@@H]1CCCCN1.CN(C)C[C@@H]1CCCCN1Cc1ccccc1.Cl. The summed E-state index contributed by atoms with van der Waals surface area (Å²) in [6.45, 7) is 5.97. The Hall–Kier alpha value is -0.650. The van der Waals surface area contributed by atoms with Crippen molar-refractivity contribution >= 4 is 12.4 Å². The van der Waals surface area contributed by atoms with Crippen molar-refractivity contribution in [2.24, 2.45) is 0 Å². The summed E-state index contributed by atoms with van der Waals surface area (Å²) >= 11 is 0. The summed E-state index contributed by atoms with van der Waals surface area (Å²) in [6, 6.07) is 12.3. The van der Waals surface area contributed by atoms with Gasteiger partial charge in [0, 0.05) is 31.7 Å². The highest BCUT2D eigenvalue weighted by Gasteiger charge is 2.22. The van der Waals surface area contributed by atoms with Crippen LogP contribution in [0, 0.1) is 0 Å². The largest absolute Gasteiger partial charge is 0.313 e. The topological polar surface area (TPSA) is 21.8 Å². The predicted molar refractivity (Wildman–Crippen MR) is 124 cm³/mol. The van der Waals surface area contributed by atoms with E-state index in [1.807, 2.05) is 0 Å². The molecule has 2 fully saturated rings. The average Bonchev–Trinajstić information content (AvgIpc) is 2.65. The van der Waals surface area contributed by atoms with Crippen molar-refractivity contribution in [1.82, 2.24) is 20.0 Å². The van der Waals surface area contributed by atoms with E-state index in [4.69, 9.17) is 0 Å². The lowest BCUT2D eigenvalue weighted by atomic mass is 10.0. The van der Waals surface area contributed by atoms with E-state index in [1.165, 1.54) is 70.3 Å². The van der Waals surface area contributed by atoms with Crippen LogP contribution >= 0.6 is 12.4 Å². The molecule has 0 amide bonds. The van der Waals surface area contributed by atoms with Crippen molar-refractivity contribution in [3.8, 4) is 0 Å². The van der Waals surface area contributed by atoms with Gasteiger partial charge in [0.1, 0.15) is 0 Å². The molecule has 0 aliphatic carbocycles. The van der Waals surface area contributed by atoms with Crippen LogP contribution in [0.3, 0.4) is 0 Å². The fraction of sp³-hybridized carbons (Fsp3) is 0.739. The quantitative estimate of drug-likeness (QED) is 0.771. The lowest BCUT2D eigenvalue weighted by Gasteiger charge is -2.37. The van der Waals surface area contributed by atoms with Gasteiger partial charge in [-0.1, -0.05) is 43.2 Å². The number of hydrogen-bond acceptors (Lipinski definition) is 4. The van der Waals surface area contributed by atoms with E-state index in [2.05, 4.69) is 78.5 Å². The van der Waals surface area contributed by atoms with Crippen LogP contribution in [0.25, 0.3) is 0 Å². The molecule has 0 radical (unpaired) electrons. The van der Waals surface area contributed by atoms with Gasteiger partial charge in [-0.3, -0.25) is 4.90 Å². The van der Waals surface area contributed by atoms with E-state index in [0.29, 0.717) is 0 Å². The molecular formula is C23H43ClN4. The zero-order chi connectivity index (χ0) is 19.5. The van der Waals surface area contributed by atoms with E-state index in [0.717, 1.165) is 18.6 Å². The molecule has 5 heteroatoms. The number of piperidine rings is 2. The highest BCUT2D eigenvalue weighted by Crippen LogP contribution is 2.20. The molecule has 2 atom stereocenters. The Labute approximate surface area is 180 Å². The smallest absolute Gasteiger partial charge is 0.0237 e. The maximum Gasteiger partial charge on any atom is 0.0237 e. The molecule has 1 N–H and O–H groups in total. The van der Waals surface area contributed by atoms with Gasteiger partial charge in [0.15, 0.2) is 0 Å². The Bertz CT molecular complexity index is 489. The normalized spacial score (nSPS) is 23.1. The summed E-state index contributed by atoms with van der Waals surface area (Å²) in [7, 11) is 8.62. The van der Waals surface area contributed by atoms with Crippen molar-refractivity contribution < 1.29 is 0 Å². The van der Waals surface area contributed by atoms with Gasteiger partial charge >= 0.3 is 0 Å². The van der Waals surface area contributed by atoms with Crippen LogP contribution in [-0.2, 0) is 6.54 Å². The van der Waals surface area contributed by atoms with Gasteiger partial charge in [0.25, 0.3) is 0 Å². The second-order valence-corrected chi connectivity index (χ2v) is 8.78. The first-order valence-electron chi connectivity index (χ1n) is 10.9. The third-order valence-corrected chi connectivity index (χ3v) is 5.55. The number of likely N-dealkylation sites (tertiary alicyclic amines) is 1. The molecule has 1 aromatic carbocycles. The Kier molecular flexibility index (Phi) is 13.0. The van der Waals surface area contributed by atoms with Crippen molar-refractivity contribution in [3.05, 3.63) is 35.9 Å². The molecule has 2 aliphatic rings. The zero-order valence-electron chi connectivity index (χ0n) is 18.6. The molecule has 1 aromatic rings. The molecule has 2 aliphatic heterocycles. The monoisotopic (exact) mass is 410 g/mol. The molecule has 0 bridgehead atoms. The Morgan fingerprint density at radius 2 is 1.57 bits per heavy atom. The first-order chi connectivity index (χ1) is 13.0. The van der Waals surface area contributed by atoms with Gasteiger partial charge in [-0.05, 0) is 72.5 Å². The van der Waals surface area contributed by atoms with Crippen molar-refractivity contribution in [3.63, 3.8) is 0 Å². The number of nitrogens with one attached hydrogen (secondary N) is 1. The molecule has 3 rings (SSSR count). The van der Waals surface area contributed by atoms with Gasteiger partial charge < -0.3 is 15.1 Å². The molecule has 28 heavy (non-hydrogen) atoms. The van der Waals surface area contributed by atoms with Gasteiger partial charge in [0.05, 0.1) is 0 Å². The summed E-state index contributed by atoms with van der Waals surface area (Å²) in [6.07, 6.45) is 8.24. The van der Waals surface area contributed by atoms with E-state index in [9.17, 15) is 0 Å². The summed E-state index contributed by atoms with van der Waals surface area (Å²) in [5, 5.41) is 3.51. The van der Waals surface area contributed by atoms with Crippen LogP contribution in [0.4, 0.5) is 0 Å². The predicted octanol–water partition coefficient (Wildman–Crippen LogP) is 3.71. The molecule has 162 valence electrons. The second kappa shape index (κ2) is 14.4. The lowest BCUT2D eigenvalue weighted by Crippen LogP contribution is -2.44. The number of rotatable bonds is 6. The van der Waals surface area contributed by atoms with Crippen LogP contribution in [0.15, 0.2) is 30.3 Å². The van der Waals surface area contributed by atoms with Gasteiger partial charge in [0.2, 0.25) is 0 Å². The van der Waals surface area contributed by atoms with E-state index >= 15 is 0 Å². The molecule has 2 heterocycles. The van der Waals surface area contributed by atoms with Crippen LogP contribution < -0.4 is 5.32 Å². The van der Waals surface area contributed by atoms with Gasteiger partial charge in [-0.2, -0.15) is 0 Å². The summed E-state index contributed by atoms with van der Waals surface area (Å²) in [5.41, 5.74) is 1.44. The molecular weight excluding hydrogens is 368 g/mol. The summed E-state index contributed by atoms with van der Waals surface area (Å²) in [4.78, 5) is 7.22. The fourth-order valence-corrected chi connectivity index (χ4v) is 4.23. The van der Waals surface area contributed by atoms with Crippen molar-refractivity contribution in [2.75, 3.05) is 54.4 Å². The first-order valence-corrected chi connectivity index (χ1v) is 10.9. The molecule has 4 nitrogen and oxygen atoms in total. The minimum Gasteiger partial charge on any atom is -0.313 e. The zero-order valence-corrected chi connectivity index (χ0v) is 19.4. The van der Waals surface area contributed by atoms with Crippen LogP contribution in [0.5, 0.6) is 0 Å². The third kappa shape index (κ3) is 10.2. The second-order valence-electron chi connectivity index (χ2n) is 8.78. The maximum atomic E-state index is 3.51. The Morgan fingerprint density at radius 1 is 0.893 bits per heavy atom. The number of halogens is 1. The third-order valence-electron chi connectivity index (χ3n) is 5.55. The number of benzene rings is 1. The first kappa shape index (κ1) is 25.4. The average molecular weight is 411 g/mol. The van der Waals surface area contributed by atoms with E-state index < -0.39 is 0 Å². The molecule has 0 saturated carbocycles. The molecule has 2 saturated heterocycles. The van der Waals surface area contributed by atoms with Crippen LogP contribution in [0.1, 0.15) is 44.1 Å². The minimum atomic E-state index is 0. The number of nitrogens with zero attached hydrogens (tertiary/aromatic N) is 3. The highest BCUT2D eigenvalue weighted by molar-refractivity contribution is 5.85. The van der Waals surface area contributed by atoms with Crippen molar-refractivity contribution in [1.29, 1.82) is 0 Å². The molecule has 0 aromatic heterocycles. The summed E-state index contributed by atoms with van der Waals surface area (Å²) in [5.74, 6) is 0. The number of likely N-dealkylation sites (N-methyl/N-ethyl adjacent to an activating group) is 2. The standard InChI is InChI=1S/C15H24N2.C8H18N2.ClH/c1-16(2)13-15-10-6-7-11-17(15)12-14-8-4-3-5-9-14;1-10(2)7-8-5-3-4-6-9-8;/h3-5,8-9,15H,6-7,10-13H2,1-2H3;8-9H,3-7H2,1-2H3;1H/t15-;8-;/m00./s1. The Balaban J connectivity index is 0.000000307. The van der Waals surface area contributed by atoms with E-state index in [-0.39, 0.29) is 12.4 Å². The summed E-state index contributed by atoms with van der Waals surface area (Å²) < 4.78 is 0. The van der Waals surface area contributed by atoms with Gasteiger partial charge in [-0.15, -0.1) is 12.4 Å². The highest BCUT2D eigenvalue weighted by atomic mass is 35.5. The Morgan fingerprint density at radius 3 is 2.18 bits per heavy atom. The fourth-order valence-electron chi connectivity index (χ4n) is 4.23. The minimum absolute atomic E-state index is 0. The van der Waals surface area contributed by atoms with Crippen molar-refractivity contribution in [2.45, 2.75) is 57.2 Å². The number of hydrogen-bond donors (Lipinski definition) is 1. The van der Waals surface area contributed by atoms with Gasteiger partial charge in [-0.25, -0.2) is 0 Å². The molecule has 0 spiro atoms. The van der Waals surface area contributed by atoms with Crippen LogP contribution in [-0.4, -0.2) is 81.2 Å². The lowest BCUT2D eigenvalue weighted by molar-refractivity contribution is 0.114. The van der Waals surface area contributed by atoms with E-state index in [1.54, 1.807) is 0 Å². The molecule has 0 unspecified atom stereocenters. The maximum absolute atomic E-state index is 3.51.